The molecule has 7 heteroatoms. The zero-order valence-electron chi connectivity index (χ0n) is 17.0. The van der Waals surface area contributed by atoms with E-state index in [-0.39, 0.29) is 60.4 Å². The number of esters is 2. The molecule has 0 amide bonds. The van der Waals surface area contributed by atoms with E-state index in [1.807, 2.05) is 12.1 Å². The zero-order valence-corrected chi connectivity index (χ0v) is 17.8. The van der Waals surface area contributed by atoms with Crippen molar-refractivity contribution in [3.63, 3.8) is 0 Å². The van der Waals surface area contributed by atoms with Crippen molar-refractivity contribution in [1.82, 2.24) is 0 Å². The Labute approximate surface area is 174 Å². The van der Waals surface area contributed by atoms with Crippen LogP contribution in [0.5, 0.6) is 0 Å². The van der Waals surface area contributed by atoms with Crippen molar-refractivity contribution in [1.29, 1.82) is 0 Å². The molecule has 0 spiro atoms. The lowest BCUT2D eigenvalue weighted by Gasteiger charge is -2.20. The Morgan fingerprint density at radius 2 is 1.38 bits per heavy atom. The highest BCUT2D eigenvalue weighted by Crippen LogP contribution is 2.50. The number of fused-ring (bicyclic) bond motifs is 2. The normalized spacial score (nSPS) is 39.8. The maximum absolute atomic E-state index is 12.3. The van der Waals surface area contributed by atoms with Crippen molar-refractivity contribution in [2.24, 2.45) is 11.8 Å². The van der Waals surface area contributed by atoms with Gasteiger partial charge >= 0.3 is 11.9 Å². The van der Waals surface area contributed by atoms with Gasteiger partial charge in [0.15, 0.2) is 0 Å². The van der Waals surface area contributed by atoms with Crippen molar-refractivity contribution >= 4 is 23.3 Å². The molecule has 2 aliphatic carbocycles. The summed E-state index contributed by atoms with van der Waals surface area (Å²) >= 11 is 1.52. The molecule has 4 aliphatic rings. The second-order valence-corrected chi connectivity index (χ2v) is 10.6. The predicted molar refractivity (Wildman–Crippen MR) is 105 cm³/mol. The predicted octanol–water partition coefficient (Wildman–Crippen LogP) is 3.75. The highest BCUT2D eigenvalue weighted by molar-refractivity contribution is 7.11. The van der Waals surface area contributed by atoms with Crippen molar-refractivity contribution in [2.75, 3.05) is 0 Å². The summed E-state index contributed by atoms with van der Waals surface area (Å²) in [5, 5.41) is 0. The zero-order chi connectivity index (χ0) is 20.2. The summed E-state index contributed by atoms with van der Waals surface area (Å²) in [5.74, 6) is -0.362. The molecule has 1 aromatic rings. The van der Waals surface area contributed by atoms with E-state index >= 15 is 0 Å². The molecule has 0 radical (unpaired) electrons. The molecule has 1 aromatic heterocycles. The largest absolute Gasteiger partial charge is 0.460 e. The fourth-order valence-corrected chi connectivity index (χ4v) is 5.66. The van der Waals surface area contributed by atoms with Gasteiger partial charge in [-0.1, -0.05) is 0 Å². The first-order valence-electron chi connectivity index (χ1n) is 10.6. The second kappa shape index (κ2) is 7.06. The fourth-order valence-electron chi connectivity index (χ4n) is 4.82. The Kier molecular flexibility index (Phi) is 4.76. The maximum atomic E-state index is 12.3. The van der Waals surface area contributed by atoms with Crippen LogP contribution in [0.15, 0.2) is 12.1 Å². The van der Waals surface area contributed by atoms with Crippen LogP contribution in [0.4, 0.5) is 0 Å². The third kappa shape index (κ3) is 3.97. The summed E-state index contributed by atoms with van der Waals surface area (Å²) in [4.78, 5) is 26.6. The smallest absolute Gasteiger partial charge is 0.309 e. The molecule has 6 nitrogen and oxygen atoms in total. The Morgan fingerprint density at radius 1 is 0.931 bits per heavy atom. The van der Waals surface area contributed by atoms with Gasteiger partial charge < -0.3 is 18.9 Å². The van der Waals surface area contributed by atoms with Gasteiger partial charge in [0, 0.05) is 9.75 Å². The molecule has 3 heterocycles. The van der Waals surface area contributed by atoms with Gasteiger partial charge in [-0.15, -0.1) is 11.3 Å². The molecule has 4 fully saturated rings. The van der Waals surface area contributed by atoms with E-state index in [1.165, 1.54) is 11.3 Å². The van der Waals surface area contributed by atoms with Crippen LogP contribution < -0.4 is 0 Å². The third-order valence-corrected chi connectivity index (χ3v) is 8.18. The van der Waals surface area contributed by atoms with E-state index < -0.39 is 0 Å². The van der Waals surface area contributed by atoms with Crippen LogP contribution in [0.2, 0.25) is 0 Å². The number of rotatable bonds is 6. The second-order valence-electron chi connectivity index (χ2n) is 9.36. The first kappa shape index (κ1) is 19.5. The van der Waals surface area contributed by atoms with E-state index in [0.29, 0.717) is 0 Å². The maximum Gasteiger partial charge on any atom is 0.309 e. The summed E-state index contributed by atoms with van der Waals surface area (Å²) in [6.45, 7) is 4.78. The number of hydrogen-bond acceptors (Lipinski definition) is 7. The van der Waals surface area contributed by atoms with E-state index in [0.717, 1.165) is 48.3 Å². The lowest BCUT2D eigenvalue weighted by Crippen LogP contribution is -2.27. The monoisotopic (exact) mass is 420 g/mol. The SMILES string of the molecule is CC12CCC(C(=O)OCc3ccc(COC(=O)C4CCC5(C)OC5C4)s3)CC1O2. The minimum atomic E-state index is -0.129. The van der Waals surface area contributed by atoms with E-state index in [1.54, 1.807) is 0 Å². The average molecular weight is 421 g/mol. The molecule has 5 rings (SSSR count). The Morgan fingerprint density at radius 3 is 1.79 bits per heavy atom. The average Bonchev–Trinajstić information content (AvgIpc) is 3.51. The Hall–Kier alpha value is -1.44. The molecule has 2 saturated heterocycles. The van der Waals surface area contributed by atoms with Gasteiger partial charge in [0.1, 0.15) is 13.2 Å². The van der Waals surface area contributed by atoms with Crippen molar-refractivity contribution in [3.05, 3.63) is 21.9 Å². The summed E-state index contributed by atoms with van der Waals surface area (Å²) in [5.41, 5.74) is 0.0275. The van der Waals surface area contributed by atoms with E-state index in [9.17, 15) is 9.59 Å². The van der Waals surface area contributed by atoms with Crippen LogP contribution >= 0.6 is 11.3 Å². The number of epoxide rings is 2. The minimum Gasteiger partial charge on any atom is -0.460 e. The number of thiophene rings is 1. The van der Waals surface area contributed by atoms with Crippen LogP contribution in [-0.2, 0) is 41.8 Å². The number of carbonyl (C=O) groups excluding carboxylic acids is 2. The number of ether oxygens (including phenoxy) is 4. The summed E-state index contributed by atoms with van der Waals surface area (Å²) in [7, 11) is 0. The van der Waals surface area contributed by atoms with Crippen LogP contribution in [0.3, 0.4) is 0 Å². The molecule has 2 aliphatic heterocycles. The van der Waals surface area contributed by atoms with Gasteiger partial charge in [-0.3, -0.25) is 9.59 Å². The van der Waals surface area contributed by atoms with E-state index in [2.05, 4.69) is 13.8 Å². The van der Waals surface area contributed by atoms with Crippen molar-refractivity contribution in [3.8, 4) is 0 Å². The lowest BCUT2D eigenvalue weighted by molar-refractivity contribution is -0.151. The molecule has 29 heavy (non-hydrogen) atoms. The highest BCUT2D eigenvalue weighted by atomic mass is 32.1. The molecule has 158 valence electrons. The van der Waals surface area contributed by atoms with Gasteiger partial charge in [-0.25, -0.2) is 0 Å². The summed E-state index contributed by atoms with van der Waals surface area (Å²) in [6, 6.07) is 3.88. The quantitative estimate of drug-likeness (QED) is 0.515. The van der Waals surface area contributed by atoms with Crippen LogP contribution in [0.1, 0.15) is 62.1 Å². The molecule has 6 unspecified atom stereocenters. The van der Waals surface area contributed by atoms with Gasteiger partial charge in [0.25, 0.3) is 0 Å². The van der Waals surface area contributed by atoms with Gasteiger partial charge in [0.2, 0.25) is 0 Å². The standard InChI is InChI=1S/C22H28O6S/c1-21-7-5-13(9-17(21)27-21)19(23)25-11-15-3-4-16(29-15)12-26-20(24)14-6-8-22(2)18(10-14)28-22/h3-4,13-14,17-18H,5-12H2,1-2H3. The molecule has 0 aromatic carbocycles. The first-order valence-corrected chi connectivity index (χ1v) is 11.4. The van der Waals surface area contributed by atoms with E-state index in [4.69, 9.17) is 18.9 Å². The Bertz CT molecular complexity index is 755. The molecular weight excluding hydrogens is 392 g/mol. The third-order valence-electron chi connectivity index (χ3n) is 7.14. The Balaban J connectivity index is 1.04. The van der Waals surface area contributed by atoms with Crippen LogP contribution in [-0.4, -0.2) is 35.3 Å². The lowest BCUT2D eigenvalue weighted by atomic mass is 9.83. The summed E-state index contributed by atoms with van der Waals surface area (Å²) in [6.07, 6.45) is 5.52. The van der Waals surface area contributed by atoms with Crippen LogP contribution in [0.25, 0.3) is 0 Å². The molecule has 2 saturated carbocycles. The molecule has 0 N–H and O–H groups in total. The minimum absolute atomic E-state index is 0.0137. The van der Waals surface area contributed by atoms with Gasteiger partial charge in [0.05, 0.1) is 35.2 Å². The number of hydrogen-bond donors (Lipinski definition) is 0. The van der Waals surface area contributed by atoms with Crippen molar-refractivity contribution < 1.29 is 28.5 Å². The summed E-state index contributed by atoms with van der Waals surface area (Å²) < 4.78 is 22.4. The van der Waals surface area contributed by atoms with Crippen LogP contribution in [0, 0.1) is 11.8 Å². The molecular formula is C22H28O6S. The highest BCUT2D eigenvalue weighted by Gasteiger charge is 2.57. The van der Waals surface area contributed by atoms with Gasteiger partial charge in [-0.2, -0.15) is 0 Å². The molecule has 0 bridgehead atoms. The topological polar surface area (TPSA) is 77.7 Å². The van der Waals surface area contributed by atoms with Gasteiger partial charge in [-0.05, 0) is 64.5 Å². The fraction of sp³-hybridized carbons (Fsp3) is 0.727. The number of carbonyl (C=O) groups is 2. The first-order chi connectivity index (χ1) is 13.8. The van der Waals surface area contributed by atoms with Crippen molar-refractivity contribution in [2.45, 2.75) is 89.0 Å². The molecule has 6 atom stereocenters.